The van der Waals surface area contributed by atoms with Crippen molar-refractivity contribution in [2.45, 2.75) is 12.5 Å². The molecule has 0 radical (unpaired) electrons. The van der Waals surface area contributed by atoms with Gasteiger partial charge in [0.2, 0.25) is 0 Å². The number of morpholine rings is 1. The van der Waals surface area contributed by atoms with Crippen molar-refractivity contribution in [1.29, 1.82) is 0 Å². The van der Waals surface area contributed by atoms with Crippen LogP contribution in [0.15, 0.2) is 0 Å². The van der Waals surface area contributed by atoms with Gasteiger partial charge in [0.1, 0.15) is 0 Å². The van der Waals surface area contributed by atoms with E-state index in [1.165, 1.54) is 6.42 Å². The third-order valence-corrected chi connectivity index (χ3v) is 1.92. The van der Waals surface area contributed by atoms with E-state index in [2.05, 4.69) is 24.3 Å². The van der Waals surface area contributed by atoms with Crippen molar-refractivity contribution in [2.75, 3.05) is 40.4 Å². The summed E-state index contributed by atoms with van der Waals surface area (Å²) in [5, 5.41) is 3.42. The molecule has 1 aliphatic rings. The first-order valence-corrected chi connectivity index (χ1v) is 4.25. The number of ether oxygens (including phenoxy) is 1. The monoisotopic (exact) mass is 158 g/mol. The molecule has 1 rings (SSSR count). The Morgan fingerprint density at radius 2 is 2.36 bits per heavy atom. The topological polar surface area (TPSA) is 24.5 Å². The maximum Gasteiger partial charge on any atom is 0.0620 e. The lowest BCUT2D eigenvalue weighted by Crippen LogP contribution is -2.42. The summed E-state index contributed by atoms with van der Waals surface area (Å²) >= 11 is 0. The zero-order valence-corrected chi connectivity index (χ0v) is 7.47. The molecule has 3 nitrogen and oxygen atoms in total. The Balaban J connectivity index is 2.05. The van der Waals surface area contributed by atoms with Gasteiger partial charge in [0, 0.05) is 12.6 Å². The Bertz CT molecular complexity index is 100. The lowest BCUT2D eigenvalue weighted by Gasteiger charge is -2.24. The highest BCUT2D eigenvalue weighted by Crippen LogP contribution is 1.98. The van der Waals surface area contributed by atoms with Crippen LogP contribution in [0, 0.1) is 0 Å². The van der Waals surface area contributed by atoms with Crippen LogP contribution in [-0.2, 0) is 4.74 Å². The lowest BCUT2D eigenvalue weighted by atomic mass is 10.2. The lowest BCUT2D eigenvalue weighted by molar-refractivity contribution is 0.0718. The fourth-order valence-corrected chi connectivity index (χ4v) is 1.22. The standard InChI is InChI=1S/C8H18N2O/c1-10(2)5-3-8-7-11-6-4-9-8/h8-9H,3-7H2,1-2H3/t8-/m0/s1. The van der Waals surface area contributed by atoms with Crippen molar-refractivity contribution < 1.29 is 4.74 Å². The highest BCUT2D eigenvalue weighted by Gasteiger charge is 2.11. The molecule has 1 saturated heterocycles. The molecule has 0 aliphatic carbocycles. The van der Waals surface area contributed by atoms with Crippen LogP contribution < -0.4 is 5.32 Å². The van der Waals surface area contributed by atoms with E-state index < -0.39 is 0 Å². The minimum absolute atomic E-state index is 0.575. The van der Waals surface area contributed by atoms with Crippen LogP contribution in [-0.4, -0.2) is 51.3 Å². The van der Waals surface area contributed by atoms with Crippen molar-refractivity contribution in [1.82, 2.24) is 10.2 Å². The van der Waals surface area contributed by atoms with Gasteiger partial charge in [0.05, 0.1) is 13.2 Å². The normalized spacial score (nSPS) is 25.9. The van der Waals surface area contributed by atoms with E-state index in [1.54, 1.807) is 0 Å². The molecule has 0 aromatic carbocycles. The van der Waals surface area contributed by atoms with Gasteiger partial charge in [-0.25, -0.2) is 0 Å². The van der Waals surface area contributed by atoms with E-state index in [4.69, 9.17) is 4.74 Å². The van der Waals surface area contributed by atoms with Gasteiger partial charge in [-0.05, 0) is 27.1 Å². The molecule has 66 valence electrons. The van der Waals surface area contributed by atoms with E-state index in [0.29, 0.717) is 6.04 Å². The minimum Gasteiger partial charge on any atom is -0.379 e. The van der Waals surface area contributed by atoms with Crippen molar-refractivity contribution in [2.24, 2.45) is 0 Å². The average Bonchev–Trinajstić information content (AvgIpc) is 2.03. The van der Waals surface area contributed by atoms with Gasteiger partial charge in [-0.15, -0.1) is 0 Å². The highest BCUT2D eigenvalue weighted by atomic mass is 16.5. The second-order valence-electron chi connectivity index (χ2n) is 3.32. The summed E-state index contributed by atoms with van der Waals surface area (Å²) in [7, 11) is 4.20. The number of nitrogens with zero attached hydrogens (tertiary/aromatic N) is 1. The Hall–Kier alpha value is -0.120. The van der Waals surface area contributed by atoms with Gasteiger partial charge >= 0.3 is 0 Å². The first-order valence-electron chi connectivity index (χ1n) is 4.25. The smallest absolute Gasteiger partial charge is 0.0620 e. The van der Waals surface area contributed by atoms with Crippen LogP contribution in [0.3, 0.4) is 0 Å². The third-order valence-electron chi connectivity index (χ3n) is 1.92. The van der Waals surface area contributed by atoms with E-state index in [0.717, 1.165) is 26.3 Å². The van der Waals surface area contributed by atoms with Gasteiger partial charge in [0.15, 0.2) is 0 Å². The van der Waals surface area contributed by atoms with Gasteiger partial charge in [-0.2, -0.15) is 0 Å². The molecular formula is C8H18N2O. The fraction of sp³-hybridized carbons (Fsp3) is 1.00. The number of nitrogens with one attached hydrogen (secondary N) is 1. The van der Waals surface area contributed by atoms with E-state index in [-0.39, 0.29) is 0 Å². The molecule has 1 fully saturated rings. The Labute approximate surface area is 68.7 Å². The molecule has 1 aliphatic heterocycles. The van der Waals surface area contributed by atoms with Gasteiger partial charge in [-0.3, -0.25) is 0 Å². The number of rotatable bonds is 3. The van der Waals surface area contributed by atoms with Crippen LogP contribution in [0.1, 0.15) is 6.42 Å². The van der Waals surface area contributed by atoms with Crippen molar-refractivity contribution in [3.8, 4) is 0 Å². The number of hydrogen-bond donors (Lipinski definition) is 1. The van der Waals surface area contributed by atoms with Crippen LogP contribution in [0.2, 0.25) is 0 Å². The molecule has 0 spiro atoms. The molecule has 0 bridgehead atoms. The summed E-state index contributed by atoms with van der Waals surface area (Å²) < 4.78 is 5.33. The maximum atomic E-state index is 5.33. The summed E-state index contributed by atoms with van der Waals surface area (Å²) in [6, 6.07) is 0.575. The second-order valence-corrected chi connectivity index (χ2v) is 3.32. The van der Waals surface area contributed by atoms with Crippen LogP contribution in [0.4, 0.5) is 0 Å². The zero-order chi connectivity index (χ0) is 8.10. The quantitative estimate of drug-likeness (QED) is 0.622. The molecule has 0 aromatic heterocycles. The second kappa shape index (κ2) is 4.70. The first kappa shape index (κ1) is 8.97. The Morgan fingerprint density at radius 3 is 2.91 bits per heavy atom. The first-order chi connectivity index (χ1) is 5.29. The van der Waals surface area contributed by atoms with Crippen molar-refractivity contribution >= 4 is 0 Å². The molecule has 0 amide bonds. The SMILES string of the molecule is CN(C)CC[C@H]1COCCN1. The molecule has 0 aromatic rings. The summed E-state index contributed by atoms with van der Waals surface area (Å²) in [6.45, 7) is 3.91. The molecule has 0 unspecified atom stereocenters. The minimum atomic E-state index is 0.575. The largest absolute Gasteiger partial charge is 0.379 e. The Kier molecular flexibility index (Phi) is 3.83. The molecule has 0 saturated carbocycles. The summed E-state index contributed by atoms with van der Waals surface area (Å²) in [5.74, 6) is 0. The van der Waals surface area contributed by atoms with Gasteiger partial charge in [-0.1, -0.05) is 0 Å². The van der Waals surface area contributed by atoms with E-state index in [9.17, 15) is 0 Å². The van der Waals surface area contributed by atoms with Gasteiger partial charge < -0.3 is 15.0 Å². The summed E-state index contributed by atoms with van der Waals surface area (Å²) in [4.78, 5) is 2.20. The third kappa shape index (κ3) is 3.70. The molecule has 11 heavy (non-hydrogen) atoms. The van der Waals surface area contributed by atoms with Crippen LogP contribution in [0.5, 0.6) is 0 Å². The summed E-state index contributed by atoms with van der Waals surface area (Å²) in [6.07, 6.45) is 1.19. The van der Waals surface area contributed by atoms with Crippen LogP contribution in [0.25, 0.3) is 0 Å². The fourth-order valence-electron chi connectivity index (χ4n) is 1.22. The average molecular weight is 158 g/mol. The van der Waals surface area contributed by atoms with E-state index in [1.807, 2.05) is 0 Å². The summed E-state index contributed by atoms with van der Waals surface area (Å²) in [5.41, 5.74) is 0. The van der Waals surface area contributed by atoms with Gasteiger partial charge in [0.25, 0.3) is 0 Å². The molecule has 1 heterocycles. The predicted octanol–water partition coefficient (Wildman–Crippen LogP) is -0.0735. The molecule has 3 heteroatoms. The van der Waals surface area contributed by atoms with E-state index >= 15 is 0 Å². The molecular weight excluding hydrogens is 140 g/mol. The molecule has 1 N–H and O–H groups in total. The Morgan fingerprint density at radius 1 is 1.55 bits per heavy atom. The maximum absolute atomic E-state index is 5.33. The van der Waals surface area contributed by atoms with Crippen molar-refractivity contribution in [3.63, 3.8) is 0 Å². The predicted molar refractivity (Wildman–Crippen MR) is 45.8 cm³/mol. The van der Waals surface area contributed by atoms with Crippen molar-refractivity contribution in [3.05, 3.63) is 0 Å². The zero-order valence-electron chi connectivity index (χ0n) is 7.47. The number of hydrogen-bond acceptors (Lipinski definition) is 3. The highest BCUT2D eigenvalue weighted by molar-refractivity contribution is 4.70. The molecule has 1 atom stereocenters. The van der Waals surface area contributed by atoms with Crippen LogP contribution >= 0.6 is 0 Å².